The van der Waals surface area contributed by atoms with Crippen LogP contribution in [0.3, 0.4) is 0 Å². The van der Waals surface area contributed by atoms with Crippen LogP contribution in [-0.4, -0.2) is 22.1 Å². The molecule has 28 heavy (non-hydrogen) atoms. The summed E-state index contributed by atoms with van der Waals surface area (Å²) in [5.41, 5.74) is 3.55. The van der Waals surface area contributed by atoms with E-state index in [0.29, 0.717) is 28.9 Å². The van der Waals surface area contributed by atoms with Crippen molar-refractivity contribution in [2.24, 2.45) is 17.3 Å². The van der Waals surface area contributed by atoms with Crippen molar-refractivity contribution in [3.05, 3.63) is 64.7 Å². The molecule has 0 spiro atoms. The molecule has 2 fully saturated rings. The number of aliphatic hydroxyl groups is 1. The summed E-state index contributed by atoms with van der Waals surface area (Å²) in [5.74, 6) is 1.57. The molecular formula is C25H28O3. The Balaban J connectivity index is 1.53. The van der Waals surface area contributed by atoms with Crippen molar-refractivity contribution >= 4 is 5.78 Å². The third kappa shape index (κ3) is 2.56. The Morgan fingerprint density at radius 1 is 1.07 bits per heavy atom. The maximum atomic E-state index is 13.0. The molecule has 2 N–H and O–H groups in total. The zero-order chi connectivity index (χ0) is 19.5. The van der Waals surface area contributed by atoms with E-state index in [0.717, 1.165) is 38.5 Å². The lowest BCUT2D eigenvalue weighted by molar-refractivity contribution is -0.0226. The highest BCUT2D eigenvalue weighted by Crippen LogP contribution is 2.61. The minimum Gasteiger partial charge on any atom is -0.507 e. The lowest BCUT2D eigenvalue weighted by atomic mass is 9.55. The molecule has 0 unspecified atom stereocenters. The average Bonchev–Trinajstić information content (AvgIpc) is 3.02. The Morgan fingerprint density at radius 2 is 1.86 bits per heavy atom. The maximum Gasteiger partial charge on any atom is 0.196 e. The summed E-state index contributed by atoms with van der Waals surface area (Å²) < 4.78 is 0. The molecule has 0 bridgehead atoms. The van der Waals surface area contributed by atoms with Crippen molar-refractivity contribution in [1.82, 2.24) is 0 Å². The number of rotatable bonds is 2. The van der Waals surface area contributed by atoms with Gasteiger partial charge in [-0.3, -0.25) is 4.79 Å². The number of aliphatic hydroxyl groups excluding tert-OH is 1. The minimum absolute atomic E-state index is 0.0538. The largest absolute Gasteiger partial charge is 0.507 e. The molecular weight excluding hydrogens is 348 g/mol. The van der Waals surface area contributed by atoms with Gasteiger partial charge in [-0.25, -0.2) is 0 Å². The van der Waals surface area contributed by atoms with Gasteiger partial charge in [0.25, 0.3) is 0 Å². The van der Waals surface area contributed by atoms with E-state index in [1.807, 2.05) is 30.3 Å². The van der Waals surface area contributed by atoms with Gasteiger partial charge in [-0.2, -0.15) is 0 Å². The monoisotopic (exact) mass is 376 g/mol. The van der Waals surface area contributed by atoms with Crippen LogP contribution in [0.2, 0.25) is 0 Å². The molecule has 5 atom stereocenters. The van der Waals surface area contributed by atoms with Crippen LogP contribution in [0.15, 0.2) is 42.5 Å². The lowest BCUT2D eigenvalue weighted by Crippen LogP contribution is -2.44. The Labute approximate surface area is 166 Å². The number of phenols is 1. The number of hydrogen-bond acceptors (Lipinski definition) is 3. The van der Waals surface area contributed by atoms with Crippen molar-refractivity contribution in [3.8, 4) is 5.75 Å². The van der Waals surface area contributed by atoms with Gasteiger partial charge in [0.05, 0.1) is 11.7 Å². The Bertz CT molecular complexity index is 919. The van der Waals surface area contributed by atoms with Crippen molar-refractivity contribution in [1.29, 1.82) is 0 Å². The standard InChI is InChI=1S/C25H28O3/c1-25-12-11-17-18(21(25)9-10-23(25)27)8-7-16-13-22(26)20(14-19(16)17)24(28)15-5-3-2-4-6-15/h2-6,13-14,17-18,21,23,26-27H,7-12H2,1H3/t17-,18+,21-,23+,25-/m0/s1. The van der Waals surface area contributed by atoms with Gasteiger partial charge in [0.1, 0.15) is 5.75 Å². The molecule has 0 heterocycles. The van der Waals surface area contributed by atoms with Gasteiger partial charge >= 0.3 is 0 Å². The van der Waals surface area contributed by atoms with Gasteiger partial charge in [-0.1, -0.05) is 37.3 Å². The first-order chi connectivity index (χ1) is 13.5. The van der Waals surface area contributed by atoms with Gasteiger partial charge in [-0.05, 0) is 85.0 Å². The number of carbonyl (C=O) groups is 1. The fourth-order valence-corrected chi connectivity index (χ4v) is 6.51. The molecule has 0 aromatic heterocycles. The van der Waals surface area contributed by atoms with Gasteiger partial charge in [0.2, 0.25) is 0 Å². The van der Waals surface area contributed by atoms with Crippen LogP contribution < -0.4 is 0 Å². The van der Waals surface area contributed by atoms with Gasteiger partial charge < -0.3 is 10.2 Å². The van der Waals surface area contributed by atoms with Crippen LogP contribution in [0.25, 0.3) is 0 Å². The number of phenolic OH excluding ortho intramolecular Hbond substituents is 1. The molecule has 3 aliphatic rings. The number of hydrogen-bond donors (Lipinski definition) is 2. The summed E-state index contributed by atoms with van der Waals surface area (Å²) in [6.45, 7) is 2.28. The molecule has 3 nitrogen and oxygen atoms in total. The highest BCUT2D eigenvalue weighted by molar-refractivity contribution is 6.10. The molecule has 2 aromatic carbocycles. The third-order valence-electron chi connectivity index (χ3n) is 8.07. The summed E-state index contributed by atoms with van der Waals surface area (Å²) in [4.78, 5) is 13.0. The van der Waals surface area contributed by atoms with Crippen LogP contribution in [0.1, 0.15) is 72.0 Å². The molecule has 2 saturated carbocycles. The Hall–Kier alpha value is -2.13. The Morgan fingerprint density at radius 3 is 2.64 bits per heavy atom. The van der Waals surface area contributed by atoms with Crippen molar-refractivity contribution < 1.29 is 15.0 Å². The molecule has 2 aromatic rings. The summed E-state index contributed by atoms with van der Waals surface area (Å²) in [5, 5.41) is 21.1. The molecule has 0 radical (unpaired) electrons. The second kappa shape index (κ2) is 6.45. The average molecular weight is 376 g/mol. The summed E-state index contributed by atoms with van der Waals surface area (Å²) in [6, 6.07) is 13.0. The third-order valence-corrected chi connectivity index (χ3v) is 8.07. The number of ketones is 1. The first-order valence-electron chi connectivity index (χ1n) is 10.6. The molecule has 0 aliphatic heterocycles. The van der Waals surface area contributed by atoms with E-state index in [1.165, 1.54) is 11.1 Å². The second-order valence-corrected chi connectivity index (χ2v) is 9.32. The number of carbonyl (C=O) groups excluding carboxylic acids is 1. The van der Waals surface area contributed by atoms with Crippen LogP contribution in [-0.2, 0) is 6.42 Å². The highest BCUT2D eigenvalue weighted by Gasteiger charge is 2.54. The molecule has 0 saturated heterocycles. The zero-order valence-corrected chi connectivity index (χ0v) is 16.4. The second-order valence-electron chi connectivity index (χ2n) is 9.32. The van der Waals surface area contributed by atoms with E-state index < -0.39 is 0 Å². The number of aryl methyl sites for hydroxylation is 1. The topological polar surface area (TPSA) is 57.5 Å². The van der Waals surface area contributed by atoms with Crippen LogP contribution in [0, 0.1) is 17.3 Å². The fourth-order valence-electron chi connectivity index (χ4n) is 6.51. The SMILES string of the molecule is C[C@]12CC[C@@H]3c4cc(C(=O)c5ccccc5)c(O)cc4CC[C@H]3[C@@H]1CC[C@H]2O. The summed E-state index contributed by atoms with van der Waals surface area (Å²) >= 11 is 0. The van der Waals surface area contributed by atoms with E-state index in [-0.39, 0.29) is 23.1 Å². The number of aromatic hydroxyl groups is 1. The molecule has 146 valence electrons. The van der Waals surface area contributed by atoms with E-state index in [9.17, 15) is 15.0 Å². The predicted molar refractivity (Wildman–Crippen MR) is 109 cm³/mol. The highest BCUT2D eigenvalue weighted by atomic mass is 16.3. The molecule has 0 amide bonds. The van der Waals surface area contributed by atoms with Crippen LogP contribution in [0.4, 0.5) is 0 Å². The quantitative estimate of drug-likeness (QED) is 0.738. The van der Waals surface area contributed by atoms with E-state index in [2.05, 4.69) is 6.92 Å². The lowest BCUT2D eigenvalue weighted by Gasteiger charge is -2.50. The summed E-state index contributed by atoms with van der Waals surface area (Å²) in [6.07, 6.45) is 6.04. The van der Waals surface area contributed by atoms with Crippen molar-refractivity contribution in [2.45, 2.75) is 57.5 Å². The number of fused-ring (bicyclic) bond motifs is 5. The van der Waals surface area contributed by atoms with Crippen LogP contribution in [0.5, 0.6) is 5.75 Å². The van der Waals surface area contributed by atoms with Crippen LogP contribution >= 0.6 is 0 Å². The van der Waals surface area contributed by atoms with E-state index in [1.54, 1.807) is 12.1 Å². The number of benzene rings is 2. The predicted octanol–water partition coefficient (Wildman–Crippen LogP) is 4.84. The molecule has 3 heteroatoms. The Kier molecular flexibility index (Phi) is 4.13. The summed E-state index contributed by atoms with van der Waals surface area (Å²) in [7, 11) is 0. The van der Waals surface area contributed by atoms with Gasteiger partial charge in [0.15, 0.2) is 5.78 Å². The smallest absolute Gasteiger partial charge is 0.196 e. The first kappa shape index (κ1) is 17.9. The van der Waals surface area contributed by atoms with Gasteiger partial charge in [0, 0.05) is 5.56 Å². The normalized spacial score (nSPS) is 33.6. The fraction of sp³-hybridized carbons (Fsp3) is 0.480. The molecule has 5 rings (SSSR count). The van der Waals surface area contributed by atoms with Crippen molar-refractivity contribution in [2.75, 3.05) is 0 Å². The zero-order valence-electron chi connectivity index (χ0n) is 16.4. The maximum absolute atomic E-state index is 13.0. The van der Waals surface area contributed by atoms with Crippen molar-refractivity contribution in [3.63, 3.8) is 0 Å². The van der Waals surface area contributed by atoms with E-state index in [4.69, 9.17) is 0 Å². The molecule has 3 aliphatic carbocycles. The first-order valence-corrected chi connectivity index (χ1v) is 10.6. The minimum atomic E-state index is -0.171. The van der Waals surface area contributed by atoms with Gasteiger partial charge in [-0.15, -0.1) is 0 Å². The van der Waals surface area contributed by atoms with E-state index >= 15 is 0 Å².